The monoisotopic (exact) mass is 219 g/mol. The first-order valence-electron chi connectivity index (χ1n) is 4.60. The summed E-state index contributed by atoms with van der Waals surface area (Å²) in [4.78, 5) is 0. The molecular formula is C9H9N5O2. The third-order valence-corrected chi connectivity index (χ3v) is 2.27. The van der Waals surface area contributed by atoms with Crippen molar-refractivity contribution in [1.82, 2.24) is 10.2 Å². The number of nitrogens with zero attached hydrogens (tertiary/aromatic N) is 2. The lowest BCUT2D eigenvalue weighted by Crippen LogP contribution is -2.46. The van der Waals surface area contributed by atoms with Gasteiger partial charge in [-0.05, 0) is 12.1 Å². The van der Waals surface area contributed by atoms with Crippen molar-refractivity contribution in [3.63, 3.8) is 0 Å². The van der Waals surface area contributed by atoms with Crippen LogP contribution < -0.4 is 21.5 Å². The Morgan fingerprint density at radius 3 is 3.00 bits per heavy atom. The van der Waals surface area contributed by atoms with Crippen molar-refractivity contribution < 1.29 is 9.15 Å². The minimum atomic E-state index is -1.33. The summed E-state index contributed by atoms with van der Waals surface area (Å²) in [6.45, 7) is 0. The molecule has 0 saturated carbocycles. The van der Waals surface area contributed by atoms with Crippen LogP contribution in [0.1, 0.15) is 5.89 Å². The Kier molecular flexibility index (Phi) is 1.61. The third-order valence-electron chi connectivity index (χ3n) is 2.27. The normalized spacial score (nSPS) is 22.3. The number of nitrogens with two attached hydrogens (primary N) is 2. The van der Waals surface area contributed by atoms with Crippen molar-refractivity contribution in [3.8, 4) is 5.75 Å². The van der Waals surface area contributed by atoms with E-state index in [1.54, 1.807) is 18.2 Å². The third kappa shape index (κ3) is 1.18. The molecule has 7 heteroatoms. The van der Waals surface area contributed by atoms with Gasteiger partial charge >= 0.3 is 5.85 Å². The molecule has 0 spiro atoms. The van der Waals surface area contributed by atoms with E-state index in [4.69, 9.17) is 20.6 Å². The maximum Gasteiger partial charge on any atom is 0.317 e. The van der Waals surface area contributed by atoms with Crippen LogP contribution in [0.25, 0.3) is 0 Å². The predicted octanol–water partition coefficient (Wildman–Crippen LogP) is 0.225. The second-order valence-corrected chi connectivity index (χ2v) is 3.46. The number of ether oxygens (including phenoxy) is 1. The molecule has 1 aromatic heterocycles. The molecule has 1 aliphatic heterocycles. The van der Waals surface area contributed by atoms with Crippen LogP contribution in [0.2, 0.25) is 0 Å². The van der Waals surface area contributed by atoms with Crippen LogP contribution in [-0.4, -0.2) is 10.2 Å². The smallest absolute Gasteiger partial charge is 0.317 e. The van der Waals surface area contributed by atoms with Crippen LogP contribution in [0, 0.1) is 0 Å². The summed E-state index contributed by atoms with van der Waals surface area (Å²) >= 11 is 0. The van der Waals surface area contributed by atoms with Crippen molar-refractivity contribution >= 4 is 11.4 Å². The lowest BCUT2D eigenvalue weighted by Gasteiger charge is -2.18. The molecule has 0 fully saturated rings. The Bertz CT molecular complexity index is 527. The molecule has 0 saturated heterocycles. The van der Waals surface area contributed by atoms with Crippen molar-refractivity contribution in [2.24, 2.45) is 5.73 Å². The van der Waals surface area contributed by atoms with Gasteiger partial charge in [0.2, 0.25) is 6.39 Å². The maximum absolute atomic E-state index is 5.95. The highest BCUT2D eigenvalue weighted by molar-refractivity contribution is 5.66. The van der Waals surface area contributed by atoms with Gasteiger partial charge in [-0.2, -0.15) is 0 Å². The number of benzene rings is 1. The molecule has 1 aliphatic rings. The Balaban J connectivity index is 2.01. The van der Waals surface area contributed by atoms with Gasteiger partial charge in [0, 0.05) is 11.8 Å². The van der Waals surface area contributed by atoms with E-state index in [0.29, 0.717) is 11.4 Å². The van der Waals surface area contributed by atoms with E-state index >= 15 is 0 Å². The molecule has 1 unspecified atom stereocenters. The van der Waals surface area contributed by atoms with Gasteiger partial charge in [0.1, 0.15) is 5.75 Å². The van der Waals surface area contributed by atoms with E-state index in [0.717, 1.165) is 5.69 Å². The number of hydrogen-bond donors (Lipinski definition) is 3. The van der Waals surface area contributed by atoms with Crippen LogP contribution in [0.4, 0.5) is 11.4 Å². The Morgan fingerprint density at radius 2 is 2.25 bits per heavy atom. The molecule has 0 radical (unpaired) electrons. The average Bonchev–Trinajstić information content (AvgIpc) is 2.83. The van der Waals surface area contributed by atoms with E-state index in [9.17, 15) is 0 Å². The van der Waals surface area contributed by atoms with E-state index < -0.39 is 5.85 Å². The highest BCUT2D eigenvalue weighted by Gasteiger charge is 2.41. The van der Waals surface area contributed by atoms with Crippen molar-refractivity contribution in [2.45, 2.75) is 5.85 Å². The van der Waals surface area contributed by atoms with Gasteiger partial charge in [-0.3, -0.25) is 5.73 Å². The zero-order valence-corrected chi connectivity index (χ0v) is 8.18. The summed E-state index contributed by atoms with van der Waals surface area (Å²) in [7, 11) is 0. The van der Waals surface area contributed by atoms with Gasteiger partial charge in [0.25, 0.3) is 5.89 Å². The molecule has 5 N–H and O–H groups in total. The SMILES string of the molecule is Nc1ccc2c(c1)OC(N)(c1nnco1)N2. The van der Waals surface area contributed by atoms with E-state index in [1.165, 1.54) is 6.39 Å². The number of fused-ring (bicyclic) bond motifs is 1. The van der Waals surface area contributed by atoms with Gasteiger partial charge in [0.15, 0.2) is 0 Å². The van der Waals surface area contributed by atoms with Crippen LogP contribution >= 0.6 is 0 Å². The first-order valence-corrected chi connectivity index (χ1v) is 4.60. The topological polar surface area (TPSA) is 112 Å². The quantitative estimate of drug-likeness (QED) is 0.588. The number of nitrogens with one attached hydrogen (secondary N) is 1. The molecule has 0 aliphatic carbocycles. The van der Waals surface area contributed by atoms with Gasteiger partial charge < -0.3 is 20.2 Å². The second-order valence-electron chi connectivity index (χ2n) is 3.46. The first kappa shape index (κ1) is 8.98. The molecule has 2 aromatic rings. The van der Waals surface area contributed by atoms with Crippen LogP contribution in [0.3, 0.4) is 0 Å². The standard InChI is InChI=1S/C9H9N5O2/c10-5-1-2-6-7(3-5)16-9(11,13-6)8-14-12-4-15-8/h1-4,13H,10-11H2. The minimum absolute atomic E-state index is 0.155. The molecular weight excluding hydrogens is 210 g/mol. The van der Waals surface area contributed by atoms with Crippen molar-refractivity contribution in [1.29, 1.82) is 0 Å². The average molecular weight is 219 g/mol. The Morgan fingerprint density at radius 1 is 1.38 bits per heavy atom. The fourth-order valence-electron chi connectivity index (χ4n) is 1.56. The summed E-state index contributed by atoms with van der Waals surface area (Å²) in [6, 6.07) is 5.19. The summed E-state index contributed by atoms with van der Waals surface area (Å²) in [6.07, 6.45) is 1.19. The van der Waals surface area contributed by atoms with Crippen molar-refractivity contribution in [2.75, 3.05) is 11.1 Å². The minimum Gasteiger partial charge on any atom is -0.444 e. The zero-order valence-electron chi connectivity index (χ0n) is 8.18. The highest BCUT2D eigenvalue weighted by Crippen LogP contribution is 2.39. The zero-order chi connectivity index (χ0) is 11.2. The highest BCUT2D eigenvalue weighted by atomic mass is 16.6. The second kappa shape index (κ2) is 2.86. The number of nitrogen functional groups attached to an aromatic ring is 1. The summed E-state index contributed by atoms with van der Waals surface area (Å²) in [5, 5.41) is 10.2. The molecule has 1 atom stereocenters. The number of anilines is 2. The van der Waals surface area contributed by atoms with E-state index in [2.05, 4.69) is 15.5 Å². The van der Waals surface area contributed by atoms with Crippen molar-refractivity contribution in [3.05, 3.63) is 30.5 Å². The summed E-state index contributed by atoms with van der Waals surface area (Å²) < 4.78 is 10.5. The molecule has 7 nitrogen and oxygen atoms in total. The lowest BCUT2D eigenvalue weighted by molar-refractivity contribution is 0.0914. The fourth-order valence-corrected chi connectivity index (χ4v) is 1.56. The summed E-state index contributed by atoms with van der Waals surface area (Å²) in [5.74, 6) is -0.616. The molecule has 3 rings (SSSR count). The van der Waals surface area contributed by atoms with E-state index in [-0.39, 0.29) is 5.89 Å². The van der Waals surface area contributed by atoms with Gasteiger partial charge in [-0.25, -0.2) is 0 Å². The maximum atomic E-state index is 5.95. The van der Waals surface area contributed by atoms with Crippen LogP contribution in [0.15, 0.2) is 29.0 Å². The van der Waals surface area contributed by atoms with Gasteiger partial charge in [-0.15, -0.1) is 10.2 Å². The molecule has 16 heavy (non-hydrogen) atoms. The molecule has 0 bridgehead atoms. The molecule has 0 amide bonds. The number of hydrogen-bond acceptors (Lipinski definition) is 7. The Hall–Kier alpha value is -2.28. The van der Waals surface area contributed by atoms with Gasteiger partial charge in [-0.1, -0.05) is 0 Å². The number of aromatic nitrogens is 2. The van der Waals surface area contributed by atoms with Crippen LogP contribution in [0.5, 0.6) is 5.75 Å². The largest absolute Gasteiger partial charge is 0.444 e. The van der Waals surface area contributed by atoms with Gasteiger partial charge in [0.05, 0.1) is 5.69 Å². The lowest BCUT2D eigenvalue weighted by atomic mass is 10.2. The van der Waals surface area contributed by atoms with Crippen LogP contribution in [-0.2, 0) is 5.85 Å². The predicted molar refractivity (Wildman–Crippen MR) is 55.3 cm³/mol. The Labute approximate surface area is 90.4 Å². The first-order chi connectivity index (χ1) is 7.67. The number of rotatable bonds is 1. The molecule has 2 heterocycles. The molecule has 1 aromatic carbocycles. The van der Waals surface area contributed by atoms with E-state index in [1.807, 2.05) is 0 Å². The summed E-state index contributed by atoms with van der Waals surface area (Å²) in [5.41, 5.74) is 12.9. The fraction of sp³-hybridized carbons (Fsp3) is 0.111. The molecule has 82 valence electrons.